The van der Waals surface area contributed by atoms with Crippen LogP contribution in [0.25, 0.3) is 0 Å². The van der Waals surface area contributed by atoms with E-state index in [4.69, 9.17) is 0 Å². The van der Waals surface area contributed by atoms with Crippen LogP contribution < -0.4 is 0 Å². The van der Waals surface area contributed by atoms with Crippen molar-refractivity contribution in [2.75, 3.05) is 0 Å². The molecule has 0 heterocycles. The van der Waals surface area contributed by atoms with E-state index in [1.807, 2.05) is 37.4 Å². The van der Waals surface area contributed by atoms with Gasteiger partial charge in [-0.1, -0.05) is 347 Å². The molecule has 3 fully saturated rings. The molecule has 0 N–H and O–H groups in total. The molecule has 21 unspecified atom stereocenters. The van der Waals surface area contributed by atoms with Crippen molar-refractivity contribution in [2.45, 2.75) is 296 Å². The van der Waals surface area contributed by atoms with Gasteiger partial charge in [-0.15, -0.1) is 29.4 Å². The third-order valence-corrected chi connectivity index (χ3v) is 49.3. The standard InChI is InChI=1S/C25H41Si.C25H39Si.C21H39Si.C19H35Si.12CH3.Hf.3Zr/c2*1-9-12-21-15-24(23-14-11-10-13-22(21)23)26(7,8)20(6)25-18(4)16(2)17(3)19(25)5;1-9-10-19-11-12-20(13-19)22(7,8)18(6)21-16(4)14(2)15(3)17(21)5;1-12-9-10-18(11-12)20(7,8)17(6)19-15(4)13(2)14(3)16(19)5;;;;;;;;;;;;;;;;/h10-11,13-14,16-19,21-22,25H,9,12,15H2,1-8H3;10-11,13-14,16-18,21-22H,9,12,15H2,1-8H3;12,14-17,19,21H,9-11,13H2,1-8H3;10,12-16,19H,9,11H2,1-8H3;12*1H3;;;;/q16*-1;4*+4. The molecule has 0 nitrogen and oxygen atoms in total. The molecule has 0 aromatic heterocycles. The molecule has 10 aliphatic rings. The predicted molar refractivity (Wildman–Crippen MR) is 509 cm³/mol. The van der Waals surface area contributed by atoms with E-state index in [0.717, 1.165) is 124 Å². The van der Waals surface area contributed by atoms with Crippen molar-refractivity contribution >= 4 is 32.3 Å². The van der Waals surface area contributed by atoms with Gasteiger partial charge in [0.05, 0.1) is 0 Å². The van der Waals surface area contributed by atoms with Crippen molar-refractivity contribution in [1.82, 2.24) is 0 Å². The summed E-state index contributed by atoms with van der Waals surface area (Å²) in [6.07, 6.45) is 40.5. The van der Waals surface area contributed by atoms with Crippen molar-refractivity contribution in [2.24, 2.45) is 142 Å². The van der Waals surface area contributed by atoms with Gasteiger partial charge < -0.3 is 106 Å². The van der Waals surface area contributed by atoms with Gasteiger partial charge in [-0.05, 0) is 128 Å². The molecule has 630 valence electrons. The average molecular weight is 1980 g/mol. The normalized spacial score (nSPS) is 33.1. The van der Waals surface area contributed by atoms with Crippen LogP contribution >= 0.6 is 0 Å². The zero-order chi connectivity index (χ0) is 70.3. The fraction of sp³-hybridized carbons (Fsp3) is 0.667. The maximum absolute atomic E-state index is 2.66. The van der Waals surface area contributed by atoms with Crippen molar-refractivity contribution < 1.29 is 104 Å². The summed E-state index contributed by atoms with van der Waals surface area (Å²) in [5.74, 6) is 20.1. The maximum atomic E-state index is 2.66. The second-order valence-corrected chi connectivity index (χ2v) is 56.2. The minimum absolute atomic E-state index is 0. The van der Waals surface area contributed by atoms with Crippen LogP contribution in [0.3, 0.4) is 0 Å². The molecule has 10 aliphatic carbocycles. The molecule has 0 amide bonds. The Kier molecular flexibility index (Phi) is 66.4. The summed E-state index contributed by atoms with van der Waals surface area (Å²) in [7, 11) is -5.88. The molecule has 0 spiro atoms. The van der Waals surface area contributed by atoms with Gasteiger partial charge in [-0.2, -0.15) is 38.5 Å². The van der Waals surface area contributed by atoms with Gasteiger partial charge in [-0.25, -0.2) is 16.7 Å². The van der Waals surface area contributed by atoms with E-state index in [1.54, 1.807) is 27.8 Å². The first-order chi connectivity index (χ1) is 43.8. The molecule has 0 saturated heterocycles. The van der Waals surface area contributed by atoms with Crippen LogP contribution in [0.1, 0.15) is 243 Å². The van der Waals surface area contributed by atoms with E-state index in [2.05, 4.69) is 279 Å². The second-order valence-electron chi connectivity index (χ2n) is 37.6. The monoisotopic (exact) mass is 1980 g/mol. The van der Waals surface area contributed by atoms with Crippen molar-refractivity contribution in [3.8, 4) is 0 Å². The third-order valence-electron chi connectivity index (χ3n) is 32.2. The van der Waals surface area contributed by atoms with E-state index in [9.17, 15) is 0 Å². The van der Waals surface area contributed by atoms with Crippen LogP contribution in [0.2, 0.25) is 52.4 Å². The fourth-order valence-electron chi connectivity index (χ4n) is 22.9. The van der Waals surface area contributed by atoms with Gasteiger partial charge in [0.1, 0.15) is 0 Å². The van der Waals surface area contributed by atoms with Crippen LogP contribution in [0, 0.1) is 253 Å². The van der Waals surface area contributed by atoms with Gasteiger partial charge in [0.25, 0.3) is 0 Å². The molecule has 0 aromatic rings. The molecule has 21 atom stereocenters. The molecular formula is C102H190HfSi4Zr3. The minimum Gasteiger partial charge on any atom is -0.358 e. The SMILES string of the molecule is CCCC1CC([Si](C)(C)[C-](C)C2=C(C)C(C)C(C)C2C)=C2C=CC=CC21.CCCC1CC([Si](C)(C)[C-](C)C2C(C)C(C)C(C)C2C)=C2C=CC=CC21.CCCC1CC=C([Si](C)(C)[C-](C)C2C(C)C(C)C(C)C2C)C1.C[C-](C1C(C)C(C)C(C)C1C)[Si](C)(C)C1=CCC(C)C1.[CH3-].[CH3-].[CH3-].[CH3-].[CH3-].[CH3-].[CH3-].[CH3-].[CH3-].[CH3-].[CH3-].[CH3-].[Hf+4].[Zr+4].[Zr+4].[Zr+4]. The Hall–Kier alpha value is 1.92. The molecule has 0 radical (unpaired) electrons. The Labute approximate surface area is 781 Å². The Morgan fingerprint density at radius 3 is 0.945 bits per heavy atom. The van der Waals surface area contributed by atoms with Gasteiger partial charge in [0, 0.05) is 19.9 Å². The summed E-state index contributed by atoms with van der Waals surface area (Å²) >= 11 is 0. The number of rotatable bonds is 18. The van der Waals surface area contributed by atoms with Gasteiger partial charge >= 0.3 is 104 Å². The number of allylic oxidation sites excluding steroid dienone is 18. The van der Waals surface area contributed by atoms with Gasteiger partial charge in [-0.3, -0.25) is 0 Å². The summed E-state index contributed by atoms with van der Waals surface area (Å²) in [5.41, 5.74) is 14.2. The fourth-order valence-corrected chi connectivity index (χ4v) is 36.5. The average Bonchev–Trinajstić information content (AvgIpc) is 1.60. The number of hydrogen-bond acceptors (Lipinski definition) is 0. The largest absolute Gasteiger partial charge is 4.00 e. The Balaban J connectivity index is -0.000000145. The third kappa shape index (κ3) is 27.2. The van der Waals surface area contributed by atoms with E-state index in [-0.39, 0.29) is 194 Å². The molecule has 110 heavy (non-hydrogen) atoms. The summed E-state index contributed by atoms with van der Waals surface area (Å²) < 4.78 is 0. The van der Waals surface area contributed by atoms with Gasteiger partial charge in [0.2, 0.25) is 0 Å². The van der Waals surface area contributed by atoms with Crippen LogP contribution in [-0.4, -0.2) is 32.3 Å². The van der Waals surface area contributed by atoms with Crippen LogP contribution in [0.4, 0.5) is 0 Å². The summed E-state index contributed by atoms with van der Waals surface area (Å²) in [5, 5.41) is 7.44. The summed E-state index contributed by atoms with van der Waals surface area (Å²) in [4.78, 5) is 0. The Bertz CT molecular complexity index is 2800. The van der Waals surface area contributed by atoms with Crippen molar-refractivity contribution in [3.05, 3.63) is 215 Å². The van der Waals surface area contributed by atoms with Crippen molar-refractivity contribution in [3.63, 3.8) is 0 Å². The van der Waals surface area contributed by atoms with Crippen molar-refractivity contribution in [1.29, 1.82) is 0 Å². The first-order valence-electron chi connectivity index (χ1n) is 40.4. The smallest absolute Gasteiger partial charge is 0.358 e. The molecule has 8 heteroatoms. The van der Waals surface area contributed by atoms with Crippen LogP contribution in [-0.2, 0) is 104 Å². The van der Waals surface area contributed by atoms with Crippen LogP contribution in [0.5, 0.6) is 0 Å². The molecular weight excluding hydrogens is 1790 g/mol. The van der Waals surface area contributed by atoms with E-state index in [1.165, 1.54) is 77.0 Å². The number of hydrogen-bond donors (Lipinski definition) is 0. The Morgan fingerprint density at radius 1 is 0.355 bits per heavy atom. The molecule has 10 rings (SSSR count). The summed E-state index contributed by atoms with van der Waals surface area (Å²) in [6.45, 7) is 80.4. The maximum Gasteiger partial charge on any atom is 4.00 e. The first-order valence-corrected chi connectivity index (χ1v) is 52.4. The van der Waals surface area contributed by atoms with E-state index in [0.29, 0.717) is 17.8 Å². The Morgan fingerprint density at radius 2 is 0.655 bits per heavy atom. The van der Waals surface area contributed by atoms with Crippen LogP contribution in [0.15, 0.2) is 104 Å². The zero-order valence-electron chi connectivity index (χ0n) is 82.1. The quantitative estimate of drug-likeness (QED) is 0.0948. The topological polar surface area (TPSA) is 0 Å². The number of fused-ring (bicyclic) bond motifs is 2. The summed E-state index contributed by atoms with van der Waals surface area (Å²) in [6, 6.07) is 0. The second kappa shape index (κ2) is 55.1. The van der Waals surface area contributed by atoms with E-state index < -0.39 is 32.3 Å². The molecule has 0 bridgehead atoms. The zero-order valence-corrected chi connectivity index (χ0v) is 97.1. The molecule has 0 aromatic carbocycles. The van der Waals surface area contributed by atoms with E-state index >= 15 is 0 Å². The minimum atomic E-state index is -1.61. The molecule has 0 aliphatic heterocycles. The van der Waals surface area contributed by atoms with Gasteiger partial charge in [0.15, 0.2) is 0 Å². The first kappa shape index (κ1) is 133. The molecule has 3 saturated carbocycles. The predicted octanol–water partition coefficient (Wildman–Crippen LogP) is 32.8.